The minimum absolute atomic E-state index is 0.0628. The fourth-order valence-corrected chi connectivity index (χ4v) is 4.70. The van der Waals surface area contributed by atoms with Crippen molar-refractivity contribution in [2.75, 3.05) is 18.8 Å². The molecule has 0 saturated carbocycles. The topological polar surface area (TPSA) is 66.6 Å². The predicted octanol–water partition coefficient (Wildman–Crippen LogP) is 5.31. The number of piperidine rings is 1. The lowest BCUT2D eigenvalue weighted by Crippen LogP contribution is -2.40. The van der Waals surface area contributed by atoms with E-state index in [1.165, 1.54) is 0 Å². The van der Waals surface area contributed by atoms with Gasteiger partial charge in [0.1, 0.15) is 0 Å². The van der Waals surface area contributed by atoms with Crippen LogP contribution in [0.3, 0.4) is 0 Å². The van der Waals surface area contributed by atoms with E-state index < -0.39 is 6.10 Å². The quantitative estimate of drug-likeness (QED) is 0.555. The molecule has 1 amide bonds. The highest BCUT2D eigenvalue weighted by Gasteiger charge is 2.30. The summed E-state index contributed by atoms with van der Waals surface area (Å²) in [5.41, 5.74) is 8.02. The Balaban J connectivity index is 1.50. The number of halogens is 2. The van der Waals surface area contributed by atoms with Crippen molar-refractivity contribution < 1.29 is 9.90 Å². The molecule has 1 aliphatic rings. The number of hydrogen-bond acceptors (Lipinski definition) is 3. The number of anilines is 1. The van der Waals surface area contributed by atoms with Crippen molar-refractivity contribution in [1.29, 1.82) is 0 Å². The molecule has 1 aliphatic heterocycles. The Kier molecular flexibility index (Phi) is 5.68. The van der Waals surface area contributed by atoms with E-state index in [2.05, 4.69) is 0 Å². The first kappa shape index (κ1) is 20.0. The molecule has 29 heavy (non-hydrogen) atoms. The number of likely N-dealkylation sites (tertiary alicyclic amines) is 1. The van der Waals surface area contributed by atoms with Crippen LogP contribution in [0.1, 0.15) is 34.9 Å². The maximum absolute atomic E-state index is 12.9. The number of nitrogens with zero attached hydrogens (tertiary/aromatic N) is 1. The van der Waals surface area contributed by atoms with E-state index in [0.717, 1.165) is 16.3 Å². The first-order chi connectivity index (χ1) is 14.0. The summed E-state index contributed by atoms with van der Waals surface area (Å²) in [5, 5.41) is 13.7. The molecular weight excluding hydrogens is 407 g/mol. The van der Waals surface area contributed by atoms with Crippen molar-refractivity contribution in [3.05, 3.63) is 75.8 Å². The Hall–Kier alpha value is -2.27. The van der Waals surface area contributed by atoms with Crippen molar-refractivity contribution in [2.24, 2.45) is 5.92 Å². The van der Waals surface area contributed by atoms with Gasteiger partial charge >= 0.3 is 0 Å². The number of carbonyl (C=O) groups excluding carboxylic acids is 1. The van der Waals surface area contributed by atoms with Crippen LogP contribution in [0.15, 0.2) is 54.6 Å². The highest BCUT2D eigenvalue weighted by Crippen LogP contribution is 2.37. The molecule has 1 fully saturated rings. The van der Waals surface area contributed by atoms with Gasteiger partial charge in [-0.2, -0.15) is 0 Å². The van der Waals surface area contributed by atoms with Gasteiger partial charge in [-0.25, -0.2) is 0 Å². The molecule has 0 spiro atoms. The molecule has 6 heteroatoms. The van der Waals surface area contributed by atoms with Crippen LogP contribution in [-0.4, -0.2) is 29.0 Å². The standard InChI is InChI=1S/C23H22Cl2N2O2/c24-18-6-3-7-19(25)21(18)23(29)27-12-10-14(11-13-27)22(28)17-8-9-20(26)16-5-2-1-4-15(16)17/h1-9,14,22,28H,10-13,26H2. The normalized spacial score (nSPS) is 16.2. The van der Waals surface area contributed by atoms with E-state index in [9.17, 15) is 9.90 Å². The highest BCUT2D eigenvalue weighted by atomic mass is 35.5. The maximum Gasteiger partial charge on any atom is 0.256 e. The first-order valence-electron chi connectivity index (χ1n) is 9.66. The van der Waals surface area contributed by atoms with Crippen molar-refractivity contribution >= 4 is 45.6 Å². The number of rotatable bonds is 3. The summed E-state index contributed by atoms with van der Waals surface area (Å²) in [6.45, 7) is 1.10. The third-order valence-electron chi connectivity index (χ3n) is 5.76. The van der Waals surface area contributed by atoms with Crippen LogP contribution in [0.25, 0.3) is 10.8 Å². The molecule has 0 aromatic heterocycles. The monoisotopic (exact) mass is 428 g/mol. The fraction of sp³-hybridized carbons (Fsp3) is 0.261. The summed E-state index contributed by atoms with van der Waals surface area (Å²) in [6, 6.07) is 16.7. The molecular formula is C23H22Cl2N2O2. The first-order valence-corrected chi connectivity index (χ1v) is 10.4. The second kappa shape index (κ2) is 8.23. The largest absolute Gasteiger partial charge is 0.398 e. The van der Waals surface area contributed by atoms with Gasteiger partial charge in [-0.1, -0.05) is 59.6 Å². The van der Waals surface area contributed by atoms with E-state index in [0.29, 0.717) is 47.2 Å². The molecule has 4 rings (SSSR count). The number of amides is 1. The number of fused-ring (bicyclic) bond motifs is 1. The van der Waals surface area contributed by atoms with Gasteiger partial charge in [0.15, 0.2) is 0 Å². The lowest BCUT2D eigenvalue weighted by molar-refractivity contribution is 0.0467. The van der Waals surface area contributed by atoms with Crippen molar-refractivity contribution in [1.82, 2.24) is 4.90 Å². The van der Waals surface area contributed by atoms with Crippen molar-refractivity contribution in [2.45, 2.75) is 18.9 Å². The van der Waals surface area contributed by atoms with Gasteiger partial charge in [-0.05, 0) is 47.9 Å². The van der Waals surface area contributed by atoms with E-state index in [4.69, 9.17) is 28.9 Å². The van der Waals surface area contributed by atoms with Gasteiger partial charge in [0.25, 0.3) is 5.91 Å². The smallest absolute Gasteiger partial charge is 0.256 e. The summed E-state index contributed by atoms with van der Waals surface area (Å²) >= 11 is 12.4. The number of aliphatic hydroxyl groups is 1. The summed E-state index contributed by atoms with van der Waals surface area (Å²) in [4.78, 5) is 14.6. The number of hydrogen-bond donors (Lipinski definition) is 2. The zero-order valence-electron chi connectivity index (χ0n) is 15.8. The average Bonchev–Trinajstić information content (AvgIpc) is 2.74. The number of aliphatic hydroxyl groups excluding tert-OH is 1. The third kappa shape index (κ3) is 3.80. The predicted molar refractivity (Wildman–Crippen MR) is 118 cm³/mol. The average molecular weight is 429 g/mol. The molecule has 0 radical (unpaired) electrons. The zero-order chi connectivity index (χ0) is 20.5. The summed E-state index contributed by atoms with van der Waals surface area (Å²) in [6.07, 6.45) is 0.795. The highest BCUT2D eigenvalue weighted by molar-refractivity contribution is 6.39. The molecule has 1 saturated heterocycles. The van der Waals surface area contributed by atoms with Crippen LogP contribution in [0.2, 0.25) is 10.0 Å². The Morgan fingerprint density at radius 1 is 0.966 bits per heavy atom. The van der Waals surface area contributed by atoms with Gasteiger partial charge in [-0.15, -0.1) is 0 Å². The molecule has 3 aromatic carbocycles. The number of carbonyl (C=O) groups is 1. The fourth-order valence-electron chi connectivity index (χ4n) is 4.14. The van der Waals surface area contributed by atoms with Crippen molar-refractivity contribution in [3.63, 3.8) is 0 Å². The molecule has 150 valence electrons. The third-order valence-corrected chi connectivity index (χ3v) is 6.39. The minimum Gasteiger partial charge on any atom is -0.398 e. The van der Waals surface area contributed by atoms with Gasteiger partial charge < -0.3 is 15.7 Å². The van der Waals surface area contributed by atoms with Crippen LogP contribution >= 0.6 is 23.2 Å². The van der Waals surface area contributed by atoms with Crippen LogP contribution in [0, 0.1) is 5.92 Å². The van der Waals surface area contributed by atoms with E-state index in [-0.39, 0.29) is 11.8 Å². The van der Waals surface area contributed by atoms with Crippen LogP contribution < -0.4 is 5.73 Å². The summed E-state index contributed by atoms with van der Waals surface area (Å²) < 4.78 is 0. The summed E-state index contributed by atoms with van der Waals surface area (Å²) in [5.74, 6) is -0.0979. The zero-order valence-corrected chi connectivity index (χ0v) is 17.3. The Morgan fingerprint density at radius 2 is 1.59 bits per heavy atom. The van der Waals surface area contributed by atoms with Crippen LogP contribution in [-0.2, 0) is 0 Å². The number of nitrogen functional groups attached to an aromatic ring is 1. The second-order valence-corrected chi connectivity index (χ2v) is 8.28. The Labute approximate surface area is 179 Å². The molecule has 0 aliphatic carbocycles. The van der Waals surface area contributed by atoms with Gasteiger partial charge in [-0.3, -0.25) is 4.79 Å². The molecule has 1 unspecified atom stereocenters. The van der Waals surface area contributed by atoms with Crippen LogP contribution in [0.5, 0.6) is 0 Å². The van der Waals surface area contributed by atoms with E-state index in [1.807, 2.05) is 36.4 Å². The lowest BCUT2D eigenvalue weighted by Gasteiger charge is -2.35. The Morgan fingerprint density at radius 3 is 2.24 bits per heavy atom. The van der Waals surface area contributed by atoms with E-state index >= 15 is 0 Å². The van der Waals surface area contributed by atoms with Gasteiger partial charge in [0.05, 0.1) is 21.7 Å². The minimum atomic E-state index is -0.610. The van der Waals surface area contributed by atoms with E-state index in [1.54, 1.807) is 23.1 Å². The maximum atomic E-state index is 12.9. The molecule has 0 bridgehead atoms. The number of nitrogens with two attached hydrogens (primary N) is 1. The van der Waals surface area contributed by atoms with Crippen molar-refractivity contribution in [3.8, 4) is 0 Å². The molecule has 1 heterocycles. The van der Waals surface area contributed by atoms with Gasteiger partial charge in [0, 0.05) is 24.2 Å². The van der Waals surface area contributed by atoms with Crippen LogP contribution in [0.4, 0.5) is 5.69 Å². The molecule has 3 N–H and O–H groups in total. The Bertz CT molecular complexity index is 1040. The second-order valence-electron chi connectivity index (χ2n) is 7.46. The lowest BCUT2D eigenvalue weighted by atomic mass is 9.85. The molecule has 1 atom stereocenters. The number of benzene rings is 3. The molecule has 4 nitrogen and oxygen atoms in total. The molecule has 3 aromatic rings. The van der Waals surface area contributed by atoms with Gasteiger partial charge in [0.2, 0.25) is 0 Å². The SMILES string of the molecule is Nc1ccc(C(O)C2CCN(C(=O)c3c(Cl)cccc3Cl)CC2)c2ccccc12. The summed E-state index contributed by atoms with van der Waals surface area (Å²) in [7, 11) is 0.